The standard InChI is InChI=1S/C11H17ClOSi/c1-13-11-7-5-4-6-10(11)8-14(2,3)9-12/h4-7H,8-9H2,1-3H3. The largest absolute Gasteiger partial charge is 0.496 e. The van der Waals surface area contributed by atoms with E-state index in [1.165, 1.54) is 5.56 Å². The van der Waals surface area contributed by atoms with Gasteiger partial charge in [-0.3, -0.25) is 0 Å². The van der Waals surface area contributed by atoms with Gasteiger partial charge in [-0.2, -0.15) is 0 Å². The third-order valence-electron chi connectivity index (χ3n) is 2.22. The molecule has 0 atom stereocenters. The number of para-hydroxylation sites is 1. The average Bonchev–Trinajstić information content (AvgIpc) is 2.18. The predicted molar refractivity (Wildman–Crippen MR) is 64.9 cm³/mol. The van der Waals surface area contributed by atoms with Crippen LogP contribution in [-0.2, 0) is 6.04 Å². The van der Waals surface area contributed by atoms with E-state index in [2.05, 4.69) is 25.2 Å². The van der Waals surface area contributed by atoms with Crippen molar-refractivity contribution in [2.45, 2.75) is 19.1 Å². The Hall–Kier alpha value is -0.473. The maximum atomic E-state index is 5.96. The molecule has 0 amide bonds. The Morgan fingerprint density at radius 1 is 1.29 bits per heavy atom. The normalized spacial score (nSPS) is 11.4. The van der Waals surface area contributed by atoms with Crippen LogP contribution in [0.2, 0.25) is 13.1 Å². The number of rotatable bonds is 4. The molecule has 0 bridgehead atoms. The molecule has 0 fully saturated rings. The zero-order valence-electron chi connectivity index (χ0n) is 9.01. The van der Waals surface area contributed by atoms with Crippen LogP contribution in [0.15, 0.2) is 24.3 Å². The van der Waals surface area contributed by atoms with Crippen LogP contribution >= 0.6 is 11.6 Å². The summed E-state index contributed by atoms with van der Waals surface area (Å²) in [5, 5.41) is 0. The molecule has 78 valence electrons. The quantitative estimate of drug-likeness (QED) is 0.568. The summed E-state index contributed by atoms with van der Waals surface area (Å²) < 4.78 is 5.31. The molecule has 1 rings (SSSR count). The second-order valence-electron chi connectivity index (χ2n) is 4.29. The zero-order chi connectivity index (χ0) is 10.6. The van der Waals surface area contributed by atoms with Gasteiger partial charge in [-0.05, 0) is 17.7 Å². The minimum atomic E-state index is -1.28. The number of hydrogen-bond acceptors (Lipinski definition) is 1. The topological polar surface area (TPSA) is 9.23 Å². The average molecular weight is 229 g/mol. The van der Waals surface area contributed by atoms with Gasteiger partial charge < -0.3 is 4.74 Å². The van der Waals surface area contributed by atoms with Crippen LogP contribution in [0.25, 0.3) is 0 Å². The highest BCUT2D eigenvalue weighted by Crippen LogP contribution is 2.22. The van der Waals surface area contributed by atoms with Crippen molar-refractivity contribution in [3.63, 3.8) is 0 Å². The summed E-state index contributed by atoms with van der Waals surface area (Å²) in [6, 6.07) is 9.27. The molecule has 0 saturated carbocycles. The first kappa shape index (κ1) is 11.6. The summed E-state index contributed by atoms with van der Waals surface area (Å²) in [4.78, 5) is 0. The molecule has 0 aromatic heterocycles. The van der Waals surface area contributed by atoms with E-state index in [-0.39, 0.29) is 0 Å². The molecule has 0 radical (unpaired) electrons. The van der Waals surface area contributed by atoms with Gasteiger partial charge in [0.1, 0.15) is 5.75 Å². The van der Waals surface area contributed by atoms with Crippen molar-refractivity contribution < 1.29 is 4.74 Å². The molecule has 1 aromatic carbocycles. The number of methoxy groups -OCH3 is 1. The molecule has 1 aromatic rings. The molecular formula is C11H17ClOSi. The van der Waals surface area contributed by atoms with E-state index < -0.39 is 8.07 Å². The molecule has 14 heavy (non-hydrogen) atoms. The van der Waals surface area contributed by atoms with Gasteiger partial charge in [0, 0.05) is 5.50 Å². The molecule has 3 heteroatoms. The Labute approximate surface area is 92.1 Å². The van der Waals surface area contributed by atoms with Gasteiger partial charge >= 0.3 is 0 Å². The Morgan fingerprint density at radius 3 is 2.50 bits per heavy atom. The van der Waals surface area contributed by atoms with Crippen molar-refractivity contribution in [3.05, 3.63) is 29.8 Å². The third kappa shape index (κ3) is 3.03. The highest BCUT2D eigenvalue weighted by Gasteiger charge is 2.21. The summed E-state index contributed by atoms with van der Waals surface area (Å²) in [6.45, 7) is 4.60. The smallest absolute Gasteiger partial charge is 0.121 e. The summed E-state index contributed by atoms with van der Waals surface area (Å²) in [7, 11) is 0.436. The van der Waals surface area contributed by atoms with E-state index in [0.717, 1.165) is 17.3 Å². The van der Waals surface area contributed by atoms with Crippen molar-refractivity contribution >= 4 is 19.7 Å². The number of alkyl halides is 1. The summed E-state index contributed by atoms with van der Waals surface area (Å²) in [5.41, 5.74) is 2.08. The van der Waals surface area contributed by atoms with E-state index in [9.17, 15) is 0 Å². The van der Waals surface area contributed by atoms with Gasteiger partial charge in [-0.15, -0.1) is 11.6 Å². The van der Waals surface area contributed by atoms with Crippen LogP contribution in [-0.4, -0.2) is 20.7 Å². The zero-order valence-corrected chi connectivity index (χ0v) is 10.8. The van der Waals surface area contributed by atoms with Gasteiger partial charge in [0.15, 0.2) is 0 Å². The molecule has 0 N–H and O–H groups in total. The molecule has 0 aliphatic heterocycles. The fourth-order valence-corrected chi connectivity index (χ4v) is 3.11. The Kier molecular flexibility index (Phi) is 4.02. The van der Waals surface area contributed by atoms with Crippen molar-refractivity contribution in [1.29, 1.82) is 0 Å². The van der Waals surface area contributed by atoms with E-state index >= 15 is 0 Å². The van der Waals surface area contributed by atoms with Gasteiger partial charge in [0.05, 0.1) is 15.2 Å². The van der Waals surface area contributed by atoms with Crippen LogP contribution in [0, 0.1) is 0 Å². The van der Waals surface area contributed by atoms with Crippen LogP contribution in [0.1, 0.15) is 5.56 Å². The summed E-state index contributed by atoms with van der Waals surface area (Å²) >= 11 is 5.96. The Morgan fingerprint density at radius 2 is 1.93 bits per heavy atom. The van der Waals surface area contributed by atoms with Gasteiger partial charge in [-0.1, -0.05) is 31.3 Å². The van der Waals surface area contributed by atoms with Gasteiger partial charge in [0.2, 0.25) is 0 Å². The lowest BCUT2D eigenvalue weighted by molar-refractivity contribution is 0.411. The monoisotopic (exact) mass is 228 g/mol. The van der Waals surface area contributed by atoms with Gasteiger partial charge in [-0.25, -0.2) is 0 Å². The minimum absolute atomic E-state index is 0.797. The van der Waals surface area contributed by atoms with E-state index in [4.69, 9.17) is 16.3 Å². The lowest BCUT2D eigenvalue weighted by Gasteiger charge is -2.20. The van der Waals surface area contributed by atoms with Gasteiger partial charge in [0.25, 0.3) is 0 Å². The van der Waals surface area contributed by atoms with E-state index in [1.807, 2.05) is 12.1 Å². The maximum absolute atomic E-state index is 5.96. The second kappa shape index (κ2) is 4.85. The Balaban J connectivity index is 2.85. The Bertz CT molecular complexity index is 299. The predicted octanol–water partition coefficient (Wildman–Crippen LogP) is 3.26. The number of benzene rings is 1. The van der Waals surface area contributed by atoms with E-state index in [0.29, 0.717) is 0 Å². The van der Waals surface area contributed by atoms with Crippen LogP contribution < -0.4 is 4.74 Å². The molecule has 1 nitrogen and oxygen atoms in total. The van der Waals surface area contributed by atoms with Crippen LogP contribution in [0.3, 0.4) is 0 Å². The fourth-order valence-electron chi connectivity index (χ4n) is 1.41. The van der Waals surface area contributed by atoms with Crippen molar-refractivity contribution in [2.75, 3.05) is 12.6 Å². The molecule has 0 spiro atoms. The van der Waals surface area contributed by atoms with Crippen LogP contribution in [0.4, 0.5) is 0 Å². The fraction of sp³-hybridized carbons (Fsp3) is 0.455. The first-order chi connectivity index (χ1) is 6.59. The lowest BCUT2D eigenvalue weighted by Crippen LogP contribution is -2.32. The lowest BCUT2D eigenvalue weighted by atomic mass is 10.2. The van der Waals surface area contributed by atoms with Crippen molar-refractivity contribution in [3.8, 4) is 5.75 Å². The first-order valence-electron chi connectivity index (χ1n) is 4.77. The minimum Gasteiger partial charge on any atom is -0.496 e. The SMILES string of the molecule is COc1ccccc1C[Si](C)(C)CCl. The third-order valence-corrected chi connectivity index (χ3v) is 6.46. The molecule has 0 unspecified atom stereocenters. The first-order valence-corrected chi connectivity index (χ1v) is 8.72. The summed E-state index contributed by atoms with van der Waals surface area (Å²) in [5.74, 6) is 0.984. The summed E-state index contributed by atoms with van der Waals surface area (Å²) in [6.07, 6.45) is 0. The highest BCUT2D eigenvalue weighted by atomic mass is 35.5. The van der Waals surface area contributed by atoms with E-state index in [1.54, 1.807) is 7.11 Å². The number of hydrogen-bond donors (Lipinski definition) is 0. The molecule has 0 aliphatic carbocycles. The van der Waals surface area contributed by atoms with Crippen molar-refractivity contribution in [1.82, 2.24) is 0 Å². The molecule has 0 aliphatic rings. The van der Waals surface area contributed by atoms with Crippen LogP contribution in [0.5, 0.6) is 5.75 Å². The second-order valence-corrected chi connectivity index (χ2v) is 10.0. The molecule has 0 saturated heterocycles. The number of ether oxygens (including phenoxy) is 1. The molecule has 0 heterocycles. The highest BCUT2D eigenvalue weighted by molar-refractivity contribution is 6.82. The number of halogens is 1. The van der Waals surface area contributed by atoms with Crippen molar-refractivity contribution in [2.24, 2.45) is 0 Å². The molecular weight excluding hydrogens is 212 g/mol. The maximum Gasteiger partial charge on any atom is 0.121 e.